The fraction of sp³-hybridized carbons (Fsp3) is 0.346. The molecule has 1 aliphatic heterocycles. The van der Waals surface area contributed by atoms with Crippen molar-refractivity contribution in [1.82, 2.24) is 19.9 Å². The summed E-state index contributed by atoms with van der Waals surface area (Å²) in [5, 5.41) is 3.12. The number of hydrogen-bond acceptors (Lipinski definition) is 6. The number of morpholine rings is 1. The third-order valence-corrected chi connectivity index (χ3v) is 6.29. The first-order chi connectivity index (χ1) is 16.7. The van der Waals surface area contributed by atoms with E-state index in [-0.39, 0.29) is 11.8 Å². The molecule has 176 valence electrons. The lowest BCUT2D eigenvalue weighted by Gasteiger charge is -2.27. The molecule has 1 aromatic carbocycles. The van der Waals surface area contributed by atoms with Crippen LogP contribution in [0.1, 0.15) is 12.8 Å². The Labute approximate surface area is 198 Å². The molecule has 0 spiro atoms. The number of benzene rings is 1. The molecule has 3 aromatic rings. The zero-order valence-electron chi connectivity index (χ0n) is 19.3. The number of aromatic amines is 1. The van der Waals surface area contributed by atoms with Gasteiger partial charge >= 0.3 is 0 Å². The molecule has 2 N–H and O–H groups in total. The van der Waals surface area contributed by atoms with Crippen molar-refractivity contribution in [2.75, 3.05) is 45.3 Å². The Morgan fingerprint density at radius 2 is 2.09 bits per heavy atom. The van der Waals surface area contributed by atoms with Crippen molar-refractivity contribution >= 4 is 22.8 Å². The van der Waals surface area contributed by atoms with Crippen LogP contribution in [-0.4, -0.2) is 65.7 Å². The van der Waals surface area contributed by atoms with E-state index in [9.17, 15) is 4.79 Å². The fourth-order valence-electron chi connectivity index (χ4n) is 4.46. The van der Waals surface area contributed by atoms with Crippen LogP contribution in [0, 0.1) is 5.92 Å². The molecule has 0 bridgehead atoms. The molecule has 8 heteroatoms. The van der Waals surface area contributed by atoms with Crippen LogP contribution in [-0.2, 0) is 14.3 Å². The first-order valence-electron chi connectivity index (χ1n) is 11.7. The molecule has 8 nitrogen and oxygen atoms in total. The van der Waals surface area contributed by atoms with Crippen molar-refractivity contribution in [2.45, 2.75) is 12.8 Å². The fourth-order valence-corrected chi connectivity index (χ4v) is 4.46. The topological polar surface area (TPSA) is 92.4 Å². The Kier molecular flexibility index (Phi) is 6.69. The van der Waals surface area contributed by atoms with Crippen LogP contribution in [0.4, 0.5) is 5.69 Å². The molecule has 1 unspecified atom stereocenters. The lowest BCUT2D eigenvalue weighted by Crippen LogP contribution is -2.37. The molecular formula is C26H29N5O3. The number of para-hydroxylation sites is 1. The number of anilines is 1. The second-order valence-electron chi connectivity index (χ2n) is 8.53. The highest BCUT2D eigenvalue weighted by Crippen LogP contribution is 2.29. The SMILES string of the molecule is COC1=CC(C(=O)Nc2ccccc2-c2nc3ncccc3[nH]2)CCC=C1CN1CCOCC1. The molecular weight excluding hydrogens is 430 g/mol. The van der Waals surface area contributed by atoms with Gasteiger partial charge in [-0.2, -0.15) is 0 Å². The molecule has 1 amide bonds. The van der Waals surface area contributed by atoms with E-state index >= 15 is 0 Å². The Balaban J connectivity index is 1.34. The van der Waals surface area contributed by atoms with Crippen LogP contribution in [0.3, 0.4) is 0 Å². The van der Waals surface area contributed by atoms with Gasteiger partial charge in [0, 0.05) is 37.0 Å². The van der Waals surface area contributed by atoms with E-state index in [0.717, 1.165) is 68.1 Å². The van der Waals surface area contributed by atoms with Gasteiger partial charge in [0.15, 0.2) is 5.65 Å². The molecule has 0 radical (unpaired) electrons. The highest BCUT2D eigenvalue weighted by molar-refractivity contribution is 5.97. The minimum Gasteiger partial charge on any atom is -0.497 e. The van der Waals surface area contributed by atoms with Crippen molar-refractivity contribution in [3.8, 4) is 11.4 Å². The monoisotopic (exact) mass is 459 g/mol. The quantitative estimate of drug-likeness (QED) is 0.583. The van der Waals surface area contributed by atoms with Gasteiger partial charge in [0.05, 0.1) is 37.4 Å². The second-order valence-corrected chi connectivity index (χ2v) is 8.53. The Morgan fingerprint density at radius 1 is 1.24 bits per heavy atom. The zero-order valence-corrected chi connectivity index (χ0v) is 19.3. The minimum atomic E-state index is -0.293. The van der Waals surface area contributed by atoms with Gasteiger partial charge < -0.3 is 19.8 Å². The second kappa shape index (κ2) is 10.2. The van der Waals surface area contributed by atoms with Crippen molar-refractivity contribution in [3.63, 3.8) is 0 Å². The number of H-pyrrole nitrogens is 1. The number of allylic oxidation sites excluding steroid dienone is 1. The zero-order chi connectivity index (χ0) is 23.3. The average Bonchev–Trinajstić information content (AvgIpc) is 3.20. The maximum atomic E-state index is 13.3. The minimum absolute atomic E-state index is 0.0581. The summed E-state index contributed by atoms with van der Waals surface area (Å²) in [5.41, 5.74) is 4.17. The van der Waals surface area contributed by atoms with Gasteiger partial charge in [-0.15, -0.1) is 0 Å². The maximum absolute atomic E-state index is 13.3. The molecule has 5 rings (SSSR count). The van der Waals surface area contributed by atoms with Crippen LogP contribution < -0.4 is 5.32 Å². The first-order valence-corrected chi connectivity index (χ1v) is 11.7. The largest absolute Gasteiger partial charge is 0.497 e. The predicted octanol–water partition coefficient (Wildman–Crippen LogP) is 3.76. The number of hydrogen-bond donors (Lipinski definition) is 2. The summed E-state index contributed by atoms with van der Waals surface area (Å²) >= 11 is 0. The number of carbonyl (C=O) groups excluding carboxylic acids is 1. The van der Waals surface area contributed by atoms with Crippen LogP contribution in [0.15, 0.2) is 66.1 Å². The number of amides is 1. The summed E-state index contributed by atoms with van der Waals surface area (Å²) in [6.45, 7) is 4.13. The summed E-state index contributed by atoms with van der Waals surface area (Å²) in [6, 6.07) is 11.5. The average molecular weight is 460 g/mol. The molecule has 3 heterocycles. The summed E-state index contributed by atoms with van der Waals surface area (Å²) in [4.78, 5) is 27.9. The molecule has 1 aliphatic carbocycles. The van der Waals surface area contributed by atoms with Gasteiger partial charge in [0.1, 0.15) is 11.6 Å². The summed E-state index contributed by atoms with van der Waals surface area (Å²) in [7, 11) is 1.67. The van der Waals surface area contributed by atoms with Crippen molar-refractivity contribution in [3.05, 3.63) is 66.1 Å². The lowest BCUT2D eigenvalue weighted by molar-refractivity contribution is -0.118. The number of aromatic nitrogens is 3. The Morgan fingerprint density at radius 3 is 2.91 bits per heavy atom. The van der Waals surface area contributed by atoms with Gasteiger partial charge in [0.2, 0.25) is 5.91 Å². The summed E-state index contributed by atoms with van der Waals surface area (Å²) in [6.07, 6.45) is 7.42. The highest BCUT2D eigenvalue weighted by atomic mass is 16.5. The third kappa shape index (κ3) is 4.88. The van der Waals surface area contributed by atoms with Crippen molar-refractivity contribution in [1.29, 1.82) is 0 Å². The summed E-state index contributed by atoms with van der Waals surface area (Å²) < 4.78 is 11.2. The molecule has 0 saturated carbocycles. The standard InChI is InChI=1S/C26H29N5O3/c1-33-23-16-18(6-4-7-19(23)17-31-12-14-34-15-13-31)26(32)29-21-9-3-2-8-20(21)24-28-22-10-5-11-27-25(22)30-24/h2-3,5,7-11,16,18H,4,6,12-15,17H2,1H3,(H,29,32)(H,27,28,30). The molecule has 34 heavy (non-hydrogen) atoms. The van der Waals surface area contributed by atoms with E-state index in [4.69, 9.17) is 9.47 Å². The van der Waals surface area contributed by atoms with Gasteiger partial charge in [-0.25, -0.2) is 9.97 Å². The first kappa shape index (κ1) is 22.3. The Hall–Kier alpha value is -3.49. The Bertz CT molecular complexity index is 1190. The molecule has 2 aliphatic rings. The van der Waals surface area contributed by atoms with Crippen molar-refractivity contribution < 1.29 is 14.3 Å². The number of rotatable bonds is 6. The third-order valence-electron chi connectivity index (χ3n) is 6.29. The van der Waals surface area contributed by atoms with Gasteiger partial charge in [0.25, 0.3) is 0 Å². The number of imidazole rings is 1. The molecule has 2 aromatic heterocycles. The van der Waals surface area contributed by atoms with Gasteiger partial charge in [-0.05, 0) is 43.2 Å². The van der Waals surface area contributed by atoms with E-state index in [2.05, 4.69) is 31.2 Å². The van der Waals surface area contributed by atoms with E-state index < -0.39 is 0 Å². The smallest absolute Gasteiger partial charge is 0.231 e. The summed E-state index contributed by atoms with van der Waals surface area (Å²) in [5.74, 6) is 1.10. The number of carbonyl (C=O) groups is 1. The highest BCUT2D eigenvalue weighted by Gasteiger charge is 2.24. The van der Waals surface area contributed by atoms with E-state index in [1.165, 1.54) is 0 Å². The number of nitrogens with one attached hydrogen (secondary N) is 2. The van der Waals surface area contributed by atoms with Crippen molar-refractivity contribution in [2.24, 2.45) is 5.92 Å². The molecule has 1 fully saturated rings. The van der Waals surface area contributed by atoms with Crippen LogP contribution in [0.5, 0.6) is 0 Å². The molecule has 1 atom stereocenters. The number of ether oxygens (including phenoxy) is 2. The van der Waals surface area contributed by atoms with Crippen LogP contribution >= 0.6 is 0 Å². The number of nitrogens with zero attached hydrogens (tertiary/aromatic N) is 3. The number of methoxy groups -OCH3 is 1. The van der Waals surface area contributed by atoms with E-state index in [1.807, 2.05) is 42.5 Å². The van der Waals surface area contributed by atoms with E-state index in [0.29, 0.717) is 17.2 Å². The van der Waals surface area contributed by atoms with Crippen LogP contribution in [0.25, 0.3) is 22.6 Å². The lowest BCUT2D eigenvalue weighted by atomic mass is 10.0. The maximum Gasteiger partial charge on any atom is 0.231 e. The number of fused-ring (bicyclic) bond motifs is 1. The number of pyridine rings is 1. The van der Waals surface area contributed by atoms with Crippen LogP contribution in [0.2, 0.25) is 0 Å². The van der Waals surface area contributed by atoms with Gasteiger partial charge in [-0.1, -0.05) is 18.2 Å². The van der Waals surface area contributed by atoms with E-state index in [1.54, 1.807) is 13.3 Å². The molecule has 1 saturated heterocycles. The van der Waals surface area contributed by atoms with Gasteiger partial charge in [-0.3, -0.25) is 9.69 Å². The predicted molar refractivity (Wildman–Crippen MR) is 131 cm³/mol. The normalized spacial score (nSPS) is 19.3.